The van der Waals surface area contributed by atoms with Gasteiger partial charge in [0.25, 0.3) is 0 Å². The van der Waals surface area contributed by atoms with E-state index in [4.69, 9.17) is 5.11 Å². The molecule has 0 fully saturated rings. The standard InChI is InChI=1S/C7H7N3O2/c11-6-3-4(7(12)9-6)5-1-2-8-10-5/h1-3,9,11-12H,(H,8,10). The number of nitrogens with zero attached hydrogens (tertiary/aromatic N) is 1. The van der Waals surface area contributed by atoms with Crippen molar-refractivity contribution < 1.29 is 10.2 Å². The van der Waals surface area contributed by atoms with Gasteiger partial charge in [0.15, 0.2) is 5.88 Å². The SMILES string of the molecule is Oc1cc(-c2ccn[nH]2)c(O)[nH]1. The van der Waals surface area contributed by atoms with Crippen molar-refractivity contribution in [2.24, 2.45) is 0 Å². The van der Waals surface area contributed by atoms with E-state index in [-0.39, 0.29) is 11.8 Å². The molecule has 12 heavy (non-hydrogen) atoms. The quantitative estimate of drug-likeness (QED) is 0.504. The Hall–Kier alpha value is -1.91. The van der Waals surface area contributed by atoms with E-state index in [1.807, 2.05) is 0 Å². The van der Waals surface area contributed by atoms with E-state index in [1.165, 1.54) is 6.07 Å². The first-order valence-corrected chi connectivity index (χ1v) is 3.38. The number of aromatic amines is 2. The average Bonchev–Trinajstić information content (AvgIpc) is 2.58. The minimum absolute atomic E-state index is 0.0721. The van der Waals surface area contributed by atoms with E-state index in [9.17, 15) is 5.11 Å². The first kappa shape index (κ1) is 6.78. The van der Waals surface area contributed by atoms with Crippen LogP contribution in [0, 0.1) is 0 Å². The smallest absolute Gasteiger partial charge is 0.200 e. The van der Waals surface area contributed by atoms with Crippen LogP contribution in [0.3, 0.4) is 0 Å². The Bertz CT molecular complexity index is 377. The van der Waals surface area contributed by atoms with Gasteiger partial charge in [-0.15, -0.1) is 0 Å². The molecule has 0 atom stereocenters. The minimum Gasteiger partial charge on any atom is -0.494 e. The zero-order valence-corrected chi connectivity index (χ0v) is 6.07. The molecule has 2 heterocycles. The third-order valence-electron chi connectivity index (χ3n) is 1.57. The van der Waals surface area contributed by atoms with Gasteiger partial charge in [-0.25, -0.2) is 0 Å². The maximum atomic E-state index is 9.24. The van der Waals surface area contributed by atoms with Gasteiger partial charge < -0.3 is 10.2 Å². The number of rotatable bonds is 1. The number of H-pyrrole nitrogens is 2. The summed E-state index contributed by atoms with van der Waals surface area (Å²) in [4.78, 5) is 2.36. The molecule has 62 valence electrons. The average molecular weight is 165 g/mol. The van der Waals surface area contributed by atoms with E-state index < -0.39 is 0 Å². The summed E-state index contributed by atoms with van der Waals surface area (Å²) in [6.45, 7) is 0. The Morgan fingerprint density at radius 1 is 1.33 bits per heavy atom. The lowest BCUT2D eigenvalue weighted by Crippen LogP contribution is -1.74. The van der Waals surface area contributed by atoms with Crippen LogP contribution >= 0.6 is 0 Å². The van der Waals surface area contributed by atoms with Gasteiger partial charge in [-0.3, -0.25) is 10.1 Å². The number of nitrogens with one attached hydrogen (secondary N) is 2. The van der Waals surface area contributed by atoms with Crippen LogP contribution in [-0.2, 0) is 0 Å². The van der Waals surface area contributed by atoms with Crippen LogP contribution in [0.2, 0.25) is 0 Å². The molecule has 0 unspecified atom stereocenters. The largest absolute Gasteiger partial charge is 0.494 e. The molecule has 2 aromatic rings. The second-order valence-corrected chi connectivity index (χ2v) is 2.39. The maximum absolute atomic E-state index is 9.24. The molecule has 5 heteroatoms. The van der Waals surface area contributed by atoms with Gasteiger partial charge in [0.2, 0.25) is 5.88 Å². The number of aromatic nitrogens is 3. The summed E-state index contributed by atoms with van der Waals surface area (Å²) in [7, 11) is 0. The van der Waals surface area contributed by atoms with Crippen LogP contribution in [0.25, 0.3) is 11.3 Å². The topological polar surface area (TPSA) is 84.9 Å². The Balaban J connectivity index is 2.54. The summed E-state index contributed by atoms with van der Waals surface area (Å²) in [5.74, 6) is -0.145. The fraction of sp³-hybridized carbons (Fsp3) is 0. The van der Waals surface area contributed by atoms with E-state index in [0.717, 1.165) is 0 Å². The van der Waals surface area contributed by atoms with Gasteiger partial charge in [0.1, 0.15) is 0 Å². The van der Waals surface area contributed by atoms with Crippen molar-refractivity contribution in [1.29, 1.82) is 0 Å². The van der Waals surface area contributed by atoms with Crippen LogP contribution in [-0.4, -0.2) is 25.4 Å². The Kier molecular flexibility index (Phi) is 1.30. The second-order valence-electron chi connectivity index (χ2n) is 2.39. The molecule has 0 aliphatic rings. The first-order chi connectivity index (χ1) is 5.77. The molecule has 0 aromatic carbocycles. The van der Waals surface area contributed by atoms with Crippen LogP contribution in [0.5, 0.6) is 11.8 Å². The van der Waals surface area contributed by atoms with Crippen molar-refractivity contribution in [2.75, 3.05) is 0 Å². The molecule has 0 saturated carbocycles. The lowest BCUT2D eigenvalue weighted by Gasteiger charge is -1.90. The Labute approximate surface area is 67.7 Å². The summed E-state index contributed by atoms with van der Waals surface area (Å²) in [5.41, 5.74) is 1.16. The predicted octanol–water partition coefficient (Wildman–Crippen LogP) is 0.816. The van der Waals surface area contributed by atoms with E-state index in [2.05, 4.69) is 15.2 Å². The van der Waals surface area contributed by atoms with Crippen LogP contribution < -0.4 is 0 Å². The highest BCUT2D eigenvalue weighted by Gasteiger charge is 2.08. The number of hydrogen-bond acceptors (Lipinski definition) is 3. The summed E-state index contributed by atoms with van der Waals surface area (Å²) in [5, 5.41) is 24.6. The highest BCUT2D eigenvalue weighted by atomic mass is 16.3. The van der Waals surface area contributed by atoms with Crippen molar-refractivity contribution in [3.05, 3.63) is 18.3 Å². The van der Waals surface area contributed by atoms with Gasteiger partial charge in [0.05, 0.1) is 11.3 Å². The van der Waals surface area contributed by atoms with Crippen LogP contribution in [0.1, 0.15) is 0 Å². The first-order valence-electron chi connectivity index (χ1n) is 3.38. The van der Waals surface area contributed by atoms with Crippen molar-refractivity contribution in [3.63, 3.8) is 0 Å². The monoisotopic (exact) mass is 165 g/mol. The molecule has 0 aliphatic carbocycles. The second kappa shape index (κ2) is 2.30. The highest BCUT2D eigenvalue weighted by molar-refractivity contribution is 5.66. The minimum atomic E-state index is -0.0725. The molecular weight excluding hydrogens is 158 g/mol. The van der Waals surface area contributed by atoms with Crippen LogP contribution in [0.4, 0.5) is 0 Å². The van der Waals surface area contributed by atoms with E-state index in [1.54, 1.807) is 12.3 Å². The van der Waals surface area contributed by atoms with E-state index in [0.29, 0.717) is 11.3 Å². The summed E-state index contributed by atoms with van der Waals surface area (Å²) in [6.07, 6.45) is 1.57. The number of hydrogen-bond donors (Lipinski definition) is 4. The number of aromatic hydroxyl groups is 2. The fourth-order valence-electron chi connectivity index (χ4n) is 1.04. The Morgan fingerprint density at radius 3 is 2.67 bits per heavy atom. The molecule has 0 radical (unpaired) electrons. The zero-order chi connectivity index (χ0) is 8.55. The molecule has 0 saturated heterocycles. The predicted molar refractivity (Wildman–Crippen MR) is 41.7 cm³/mol. The molecule has 0 aliphatic heterocycles. The summed E-state index contributed by atoms with van der Waals surface area (Å²) < 4.78 is 0. The van der Waals surface area contributed by atoms with Gasteiger partial charge >= 0.3 is 0 Å². The normalized spacial score (nSPS) is 10.3. The summed E-state index contributed by atoms with van der Waals surface area (Å²) >= 11 is 0. The Morgan fingerprint density at radius 2 is 2.17 bits per heavy atom. The molecule has 2 aromatic heterocycles. The van der Waals surface area contributed by atoms with Crippen molar-refractivity contribution >= 4 is 0 Å². The molecule has 2 rings (SSSR count). The lowest BCUT2D eigenvalue weighted by atomic mass is 10.2. The molecule has 5 nitrogen and oxygen atoms in total. The lowest BCUT2D eigenvalue weighted by molar-refractivity contribution is 0.426. The molecule has 0 spiro atoms. The molecule has 0 amide bonds. The fourth-order valence-corrected chi connectivity index (χ4v) is 1.04. The van der Waals surface area contributed by atoms with Gasteiger partial charge in [0, 0.05) is 12.3 Å². The molecular formula is C7H7N3O2. The highest BCUT2D eigenvalue weighted by Crippen LogP contribution is 2.30. The molecule has 4 N–H and O–H groups in total. The van der Waals surface area contributed by atoms with Crippen LogP contribution in [0.15, 0.2) is 18.3 Å². The maximum Gasteiger partial charge on any atom is 0.200 e. The third kappa shape index (κ3) is 0.914. The third-order valence-corrected chi connectivity index (χ3v) is 1.57. The van der Waals surface area contributed by atoms with E-state index >= 15 is 0 Å². The zero-order valence-electron chi connectivity index (χ0n) is 6.07. The molecule has 0 bridgehead atoms. The van der Waals surface area contributed by atoms with Crippen molar-refractivity contribution in [3.8, 4) is 23.0 Å². The summed E-state index contributed by atoms with van der Waals surface area (Å²) in [6, 6.07) is 3.12. The van der Waals surface area contributed by atoms with Crippen molar-refractivity contribution in [1.82, 2.24) is 15.2 Å². The van der Waals surface area contributed by atoms with Gasteiger partial charge in [-0.1, -0.05) is 0 Å². The van der Waals surface area contributed by atoms with Gasteiger partial charge in [-0.05, 0) is 6.07 Å². The van der Waals surface area contributed by atoms with Crippen molar-refractivity contribution in [2.45, 2.75) is 0 Å². The van der Waals surface area contributed by atoms with Gasteiger partial charge in [-0.2, -0.15) is 5.10 Å².